The highest BCUT2D eigenvalue weighted by Crippen LogP contribution is 2.14. The van der Waals surface area contributed by atoms with E-state index in [1.807, 2.05) is 30.3 Å². The van der Waals surface area contributed by atoms with Crippen molar-refractivity contribution in [1.29, 1.82) is 0 Å². The number of aryl methyl sites for hydroxylation is 1. The molecule has 0 radical (unpaired) electrons. The van der Waals surface area contributed by atoms with Gasteiger partial charge in [0.1, 0.15) is 5.75 Å². The van der Waals surface area contributed by atoms with E-state index in [0.717, 1.165) is 11.3 Å². The van der Waals surface area contributed by atoms with E-state index in [4.69, 9.17) is 14.9 Å². The predicted octanol–water partition coefficient (Wildman–Crippen LogP) is 2.65. The molecule has 0 aliphatic heterocycles. The molecule has 1 heterocycles. The van der Waals surface area contributed by atoms with Gasteiger partial charge in [0.25, 0.3) is 0 Å². The Bertz CT molecular complexity index is 787. The highest BCUT2D eigenvalue weighted by Gasteiger charge is 2.07. The summed E-state index contributed by atoms with van der Waals surface area (Å²) in [6, 6.07) is 14.6. The normalized spacial score (nSPS) is 10.9. The first-order valence-electron chi connectivity index (χ1n) is 6.81. The van der Waals surface area contributed by atoms with Gasteiger partial charge in [-0.25, -0.2) is 4.79 Å². The SMILES string of the molecule is Nc1ccc(OCCCn2c(=O)oc3ccccc32)cc1. The van der Waals surface area contributed by atoms with Crippen molar-refractivity contribution in [1.82, 2.24) is 4.57 Å². The molecule has 2 aromatic carbocycles. The first-order valence-corrected chi connectivity index (χ1v) is 6.81. The van der Waals surface area contributed by atoms with Crippen molar-refractivity contribution >= 4 is 16.8 Å². The number of fused-ring (bicyclic) bond motifs is 1. The molecule has 0 aliphatic rings. The Kier molecular flexibility index (Phi) is 3.64. The van der Waals surface area contributed by atoms with Crippen LogP contribution in [0.15, 0.2) is 57.7 Å². The summed E-state index contributed by atoms with van der Waals surface area (Å²) in [5.41, 5.74) is 7.75. The minimum absolute atomic E-state index is 0.330. The van der Waals surface area contributed by atoms with Crippen LogP contribution in [0.1, 0.15) is 6.42 Å². The van der Waals surface area contributed by atoms with E-state index >= 15 is 0 Å². The minimum Gasteiger partial charge on any atom is -0.494 e. The molecule has 5 nitrogen and oxygen atoms in total. The second-order valence-corrected chi connectivity index (χ2v) is 4.76. The second-order valence-electron chi connectivity index (χ2n) is 4.76. The van der Waals surface area contributed by atoms with Gasteiger partial charge in [-0.3, -0.25) is 4.57 Å². The smallest absolute Gasteiger partial charge is 0.419 e. The molecule has 0 spiro atoms. The standard InChI is InChI=1S/C16H16N2O3/c17-12-6-8-13(9-7-12)20-11-3-10-18-14-4-1-2-5-15(14)21-16(18)19/h1-2,4-9H,3,10-11,17H2. The lowest BCUT2D eigenvalue weighted by Gasteiger charge is -2.06. The highest BCUT2D eigenvalue weighted by atomic mass is 16.5. The van der Waals surface area contributed by atoms with Gasteiger partial charge in [0.2, 0.25) is 0 Å². The lowest BCUT2D eigenvalue weighted by Crippen LogP contribution is -2.15. The van der Waals surface area contributed by atoms with E-state index in [0.29, 0.717) is 30.8 Å². The van der Waals surface area contributed by atoms with Gasteiger partial charge in [0, 0.05) is 12.2 Å². The van der Waals surface area contributed by atoms with Gasteiger partial charge in [-0.2, -0.15) is 0 Å². The zero-order valence-electron chi connectivity index (χ0n) is 11.5. The maximum atomic E-state index is 11.8. The summed E-state index contributed by atoms with van der Waals surface area (Å²) in [6.07, 6.45) is 0.716. The fourth-order valence-electron chi connectivity index (χ4n) is 2.20. The maximum absolute atomic E-state index is 11.8. The Morgan fingerprint density at radius 3 is 2.67 bits per heavy atom. The molecule has 0 fully saturated rings. The number of ether oxygens (including phenoxy) is 1. The molecule has 0 atom stereocenters. The van der Waals surface area contributed by atoms with Crippen molar-refractivity contribution in [3.05, 3.63) is 59.1 Å². The molecular formula is C16H16N2O3. The van der Waals surface area contributed by atoms with E-state index < -0.39 is 0 Å². The summed E-state index contributed by atoms with van der Waals surface area (Å²) in [5, 5.41) is 0. The van der Waals surface area contributed by atoms with E-state index in [2.05, 4.69) is 0 Å². The van der Waals surface area contributed by atoms with Gasteiger partial charge >= 0.3 is 5.76 Å². The number of aromatic nitrogens is 1. The molecule has 0 bridgehead atoms. The van der Waals surface area contributed by atoms with Gasteiger partial charge in [-0.05, 0) is 42.8 Å². The fraction of sp³-hybridized carbons (Fsp3) is 0.188. The van der Waals surface area contributed by atoms with Crippen LogP contribution in [0.5, 0.6) is 5.75 Å². The molecule has 2 N–H and O–H groups in total. The van der Waals surface area contributed by atoms with Crippen LogP contribution in [0, 0.1) is 0 Å². The third-order valence-corrected chi connectivity index (χ3v) is 3.25. The Morgan fingerprint density at radius 1 is 1.10 bits per heavy atom. The molecule has 3 aromatic rings. The zero-order valence-corrected chi connectivity index (χ0v) is 11.5. The molecule has 5 heteroatoms. The number of nitrogens with zero attached hydrogens (tertiary/aromatic N) is 1. The number of hydrogen-bond donors (Lipinski definition) is 1. The molecule has 1 aromatic heterocycles. The summed E-state index contributed by atoms with van der Waals surface area (Å²) < 4.78 is 12.4. The average Bonchev–Trinajstić information content (AvgIpc) is 2.81. The lowest BCUT2D eigenvalue weighted by atomic mass is 10.3. The van der Waals surface area contributed by atoms with Gasteiger partial charge in [-0.1, -0.05) is 12.1 Å². The summed E-state index contributed by atoms with van der Waals surface area (Å²) in [6.45, 7) is 1.08. The van der Waals surface area contributed by atoms with Crippen molar-refractivity contribution < 1.29 is 9.15 Å². The Balaban J connectivity index is 1.61. The molecule has 0 saturated heterocycles. The summed E-state index contributed by atoms with van der Waals surface area (Å²) in [5.74, 6) is 0.442. The van der Waals surface area contributed by atoms with Crippen LogP contribution in [-0.4, -0.2) is 11.2 Å². The van der Waals surface area contributed by atoms with Gasteiger partial charge < -0.3 is 14.9 Å². The highest BCUT2D eigenvalue weighted by molar-refractivity contribution is 5.72. The second kappa shape index (κ2) is 5.75. The quantitative estimate of drug-likeness (QED) is 0.577. The average molecular weight is 284 g/mol. The topological polar surface area (TPSA) is 70.4 Å². The summed E-state index contributed by atoms with van der Waals surface area (Å²) in [4.78, 5) is 11.8. The predicted molar refractivity (Wildman–Crippen MR) is 81.4 cm³/mol. The van der Waals surface area contributed by atoms with Gasteiger partial charge in [0.05, 0.1) is 12.1 Å². The van der Waals surface area contributed by atoms with E-state index in [-0.39, 0.29) is 5.76 Å². The fourth-order valence-corrected chi connectivity index (χ4v) is 2.20. The third-order valence-electron chi connectivity index (χ3n) is 3.25. The number of hydrogen-bond acceptors (Lipinski definition) is 4. The van der Waals surface area contributed by atoms with E-state index in [1.165, 1.54) is 0 Å². The molecule has 108 valence electrons. The molecular weight excluding hydrogens is 268 g/mol. The van der Waals surface area contributed by atoms with Gasteiger partial charge in [0.15, 0.2) is 5.58 Å². The molecule has 0 amide bonds. The van der Waals surface area contributed by atoms with Crippen LogP contribution in [-0.2, 0) is 6.54 Å². The van der Waals surface area contributed by atoms with Crippen molar-refractivity contribution in [2.45, 2.75) is 13.0 Å². The number of nitrogens with two attached hydrogens (primary N) is 1. The van der Waals surface area contributed by atoms with Crippen molar-refractivity contribution in [2.24, 2.45) is 0 Å². The van der Waals surface area contributed by atoms with Crippen LogP contribution in [0.25, 0.3) is 11.1 Å². The number of oxazole rings is 1. The Hall–Kier alpha value is -2.69. The molecule has 0 saturated carbocycles. The first-order chi connectivity index (χ1) is 10.2. The largest absolute Gasteiger partial charge is 0.494 e. The van der Waals surface area contributed by atoms with E-state index in [1.54, 1.807) is 22.8 Å². The maximum Gasteiger partial charge on any atom is 0.419 e. The molecule has 0 aliphatic carbocycles. The molecule has 3 rings (SSSR count). The van der Waals surface area contributed by atoms with Crippen LogP contribution >= 0.6 is 0 Å². The number of anilines is 1. The van der Waals surface area contributed by atoms with Crippen LogP contribution in [0.3, 0.4) is 0 Å². The van der Waals surface area contributed by atoms with Crippen molar-refractivity contribution in [3.63, 3.8) is 0 Å². The first kappa shape index (κ1) is 13.3. The number of nitrogen functional groups attached to an aromatic ring is 1. The number of para-hydroxylation sites is 2. The van der Waals surface area contributed by atoms with Crippen LogP contribution < -0.4 is 16.2 Å². The number of benzene rings is 2. The molecule has 0 unspecified atom stereocenters. The lowest BCUT2D eigenvalue weighted by molar-refractivity contribution is 0.300. The van der Waals surface area contributed by atoms with Gasteiger partial charge in [-0.15, -0.1) is 0 Å². The molecule has 21 heavy (non-hydrogen) atoms. The third kappa shape index (κ3) is 2.91. The zero-order chi connectivity index (χ0) is 14.7. The van der Waals surface area contributed by atoms with Crippen molar-refractivity contribution in [3.8, 4) is 5.75 Å². The van der Waals surface area contributed by atoms with E-state index in [9.17, 15) is 4.79 Å². The minimum atomic E-state index is -0.330. The van der Waals surface area contributed by atoms with Crippen molar-refractivity contribution in [2.75, 3.05) is 12.3 Å². The van der Waals surface area contributed by atoms with Crippen LogP contribution in [0.2, 0.25) is 0 Å². The summed E-state index contributed by atoms with van der Waals surface area (Å²) in [7, 11) is 0. The Labute approximate surface area is 121 Å². The Morgan fingerprint density at radius 2 is 1.86 bits per heavy atom. The summed E-state index contributed by atoms with van der Waals surface area (Å²) >= 11 is 0. The monoisotopic (exact) mass is 284 g/mol. The number of rotatable bonds is 5. The van der Waals surface area contributed by atoms with Crippen LogP contribution in [0.4, 0.5) is 5.69 Å².